The molecule has 2 N–H and O–H groups in total. The number of hydrogen-bond acceptors (Lipinski definition) is 4. The predicted molar refractivity (Wildman–Crippen MR) is 132 cm³/mol. The molecule has 174 valence electrons. The normalized spacial score (nSPS) is 11.2. The van der Waals surface area contributed by atoms with Gasteiger partial charge in [0, 0.05) is 11.3 Å². The second-order valence-electron chi connectivity index (χ2n) is 7.92. The average molecular weight is 487 g/mol. The van der Waals surface area contributed by atoms with Crippen molar-refractivity contribution in [1.29, 1.82) is 0 Å². The highest BCUT2D eigenvalue weighted by Gasteiger charge is 2.20. The molecule has 0 aliphatic heterocycles. The number of carbonyl (C=O) groups excluding carboxylic acids is 1. The topological polar surface area (TPSA) is 84.5 Å². The van der Waals surface area contributed by atoms with Gasteiger partial charge < -0.3 is 10.1 Å². The van der Waals surface area contributed by atoms with Crippen molar-refractivity contribution in [1.82, 2.24) is 5.32 Å². The molecule has 0 saturated carbocycles. The van der Waals surface area contributed by atoms with E-state index in [4.69, 9.17) is 16.3 Å². The van der Waals surface area contributed by atoms with Crippen molar-refractivity contribution in [3.63, 3.8) is 0 Å². The first-order chi connectivity index (χ1) is 15.6. The number of ether oxygens (including phenoxy) is 1. The van der Waals surface area contributed by atoms with Gasteiger partial charge in [-0.1, -0.05) is 35.4 Å². The summed E-state index contributed by atoms with van der Waals surface area (Å²) in [5, 5.41) is 2.77. The Hall–Kier alpha value is -3.03. The molecule has 0 radical (unpaired) electrons. The molecule has 33 heavy (non-hydrogen) atoms. The standard InChI is InChI=1S/C25H27ClN2O4S/c1-16-5-10-23(19(4)13-16)32-12-11-27-25(29)20-7-9-22(26)24(15-20)33(30,31)28-21-8-6-17(2)18(3)14-21/h5-10,13-15,28H,11-12H2,1-4H3,(H,27,29). The van der Waals surface area contributed by atoms with Gasteiger partial charge in [0.05, 0.1) is 11.6 Å². The van der Waals surface area contributed by atoms with Crippen LogP contribution in [0.3, 0.4) is 0 Å². The number of benzene rings is 3. The fourth-order valence-corrected chi connectivity index (χ4v) is 4.83. The molecular formula is C25H27ClN2O4S. The van der Waals surface area contributed by atoms with Crippen molar-refractivity contribution in [2.75, 3.05) is 17.9 Å². The third-order valence-electron chi connectivity index (χ3n) is 5.22. The predicted octanol–water partition coefficient (Wildman–Crippen LogP) is 5.18. The Kier molecular flexibility index (Phi) is 7.66. The third kappa shape index (κ3) is 6.27. The van der Waals surface area contributed by atoms with Crippen LogP contribution < -0.4 is 14.8 Å². The lowest BCUT2D eigenvalue weighted by Crippen LogP contribution is -2.28. The lowest BCUT2D eigenvalue weighted by molar-refractivity contribution is 0.0946. The van der Waals surface area contributed by atoms with Gasteiger partial charge in [0.25, 0.3) is 15.9 Å². The van der Waals surface area contributed by atoms with E-state index in [1.165, 1.54) is 18.2 Å². The van der Waals surface area contributed by atoms with E-state index in [1.54, 1.807) is 12.1 Å². The second kappa shape index (κ2) is 10.3. The van der Waals surface area contributed by atoms with Crippen LogP contribution in [0.4, 0.5) is 5.69 Å². The quantitative estimate of drug-likeness (QED) is 0.429. The fourth-order valence-electron chi connectivity index (χ4n) is 3.25. The van der Waals surface area contributed by atoms with E-state index < -0.39 is 15.9 Å². The largest absolute Gasteiger partial charge is 0.491 e. The summed E-state index contributed by atoms with van der Waals surface area (Å²) >= 11 is 6.16. The molecule has 1 amide bonds. The van der Waals surface area contributed by atoms with Crippen molar-refractivity contribution < 1.29 is 17.9 Å². The molecule has 6 nitrogen and oxygen atoms in total. The van der Waals surface area contributed by atoms with Gasteiger partial charge in [-0.25, -0.2) is 8.42 Å². The lowest BCUT2D eigenvalue weighted by atomic mass is 10.1. The van der Waals surface area contributed by atoms with Crippen molar-refractivity contribution in [3.8, 4) is 5.75 Å². The zero-order valence-corrected chi connectivity index (χ0v) is 20.6. The number of halogens is 1. The molecule has 0 unspecified atom stereocenters. The first-order valence-corrected chi connectivity index (χ1v) is 12.3. The van der Waals surface area contributed by atoms with Crippen LogP contribution in [0.25, 0.3) is 0 Å². The van der Waals surface area contributed by atoms with Crippen LogP contribution in [0, 0.1) is 27.7 Å². The minimum atomic E-state index is -3.99. The van der Waals surface area contributed by atoms with Crippen LogP contribution in [0.1, 0.15) is 32.6 Å². The highest BCUT2D eigenvalue weighted by atomic mass is 35.5. The van der Waals surface area contributed by atoms with E-state index in [0.29, 0.717) is 5.69 Å². The Balaban J connectivity index is 1.66. The van der Waals surface area contributed by atoms with E-state index in [9.17, 15) is 13.2 Å². The van der Waals surface area contributed by atoms with Crippen LogP contribution in [-0.4, -0.2) is 27.5 Å². The van der Waals surface area contributed by atoms with Crippen LogP contribution in [-0.2, 0) is 10.0 Å². The number of nitrogens with one attached hydrogen (secondary N) is 2. The molecule has 0 bridgehead atoms. The van der Waals surface area contributed by atoms with Crippen LogP contribution >= 0.6 is 11.6 Å². The van der Waals surface area contributed by atoms with Crippen molar-refractivity contribution >= 4 is 33.2 Å². The lowest BCUT2D eigenvalue weighted by Gasteiger charge is -2.13. The summed E-state index contributed by atoms with van der Waals surface area (Å²) in [5.74, 6) is 0.339. The molecule has 0 aliphatic carbocycles. The molecule has 0 heterocycles. The zero-order chi connectivity index (χ0) is 24.2. The SMILES string of the molecule is Cc1ccc(OCCNC(=O)c2ccc(Cl)c(S(=O)(=O)Nc3ccc(C)c(C)c3)c2)c(C)c1. The fraction of sp³-hybridized carbons (Fsp3) is 0.240. The first kappa shape index (κ1) is 24.6. The number of hydrogen-bond donors (Lipinski definition) is 2. The Labute approximate surface area is 200 Å². The Morgan fingerprint density at radius 1 is 0.909 bits per heavy atom. The molecule has 0 aromatic heterocycles. The summed E-state index contributed by atoms with van der Waals surface area (Å²) in [6.07, 6.45) is 0. The Morgan fingerprint density at radius 3 is 2.36 bits per heavy atom. The van der Waals surface area contributed by atoms with Crippen LogP contribution in [0.2, 0.25) is 5.02 Å². The minimum absolute atomic E-state index is 0.0288. The number of anilines is 1. The number of aryl methyl sites for hydroxylation is 4. The zero-order valence-electron chi connectivity index (χ0n) is 19.0. The molecule has 3 rings (SSSR count). The minimum Gasteiger partial charge on any atom is -0.491 e. The van der Waals surface area contributed by atoms with Crippen molar-refractivity contribution in [3.05, 3.63) is 87.4 Å². The summed E-state index contributed by atoms with van der Waals surface area (Å²) in [4.78, 5) is 12.4. The third-order valence-corrected chi connectivity index (χ3v) is 7.08. The Morgan fingerprint density at radius 2 is 1.67 bits per heavy atom. The van der Waals surface area contributed by atoms with Gasteiger partial charge in [-0.15, -0.1) is 0 Å². The van der Waals surface area contributed by atoms with Gasteiger partial charge in [0.2, 0.25) is 0 Å². The van der Waals surface area contributed by atoms with Crippen LogP contribution in [0.5, 0.6) is 5.75 Å². The van der Waals surface area contributed by atoms with Gasteiger partial charge in [0.1, 0.15) is 17.3 Å². The summed E-state index contributed by atoms with van der Waals surface area (Å²) in [6, 6.07) is 15.3. The summed E-state index contributed by atoms with van der Waals surface area (Å²) in [5.41, 5.74) is 4.78. The van der Waals surface area contributed by atoms with Gasteiger partial charge in [0.15, 0.2) is 0 Å². The van der Waals surface area contributed by atoms with Crippen molar-refractivity contribution in [2.45, 2.75) is 32.6 Å². The van der Waals surface area contributed by atoms with Gasteiger partial charge in [-0.05, 0) is 80.8 Å². The molecule has 0 fully saturated rings. The van der Waals surface area contributed by atoms with E-state index >= 15 is 0 Å². The number of rotatable bonds is 8. The summed E-state index contributed by atoms with van der Waals surface area (Å²) in [7, 11) is -3.99. The maximum absolute atomic E-state index is 12.9. The van der Waals surface area contributed by atoms with Gasteiger partial charge in [-0.2, -0.15) is 0 Å². The molecule has 0 aliphatic rings. The first-order valence-electron chi connectivity index (χ1n) is 10.4. The number of sulfonamides is 1. The molecular weight excluding hydrogens is 460 g/mol. The van der Waals surface area contributed by atoms with E-state index in [2.05, 4.69) is 10.0 Å². The van der Waals surface area contributed by atoms with E-state index in [0.717, 1.165) is 28.0 Å². The summed E-state index contributed by atoms with van der Waals surface area (Å²) < 4.78 is 34.1. The van der Waals surface area contributed by atoms with Crippen LogP contribution in [0.15, 0.2) is 59.5 Å². The van der Waals surface area contributed by atoms with Gasteiger partial charge >= 0.3 is 0 Å². The van der Waals surface area contributed by atoms with E-state index in [-0.39, 0.29) is 28.6 Å². The smallest absolute Gasteiger partial charge is 0.263 e. The molecule has 0 atom stereocenters. The van der Waals surface area contributed by atoms with Gasteiger partial charge in [-0.3, -0.25) is 9.52 Å². The van der Waals surface area contributed by atoms with Crippen molar-refractivity contribution in [2.24, 2.45) is 0 Å². The molecule has 3 aromatic rings. The maximum atomic E-state index is 12.9. The highest BCUT2D eigenvalue weighted by molar-refractivity contribution is 7.92. The number of carbonyl (C=O) groups is 1. The highest BCUT2D eigenvalue weighted by Crippen LogP contribution is 2.26. The second-order valence-corrected chi connectivity index (χ2v) is 9.98. The Bertz CT molecular complexity index is 1290. The summed E-state index contributed by atoms with van der Waals surface area (Å²) in [6.45, 7) is 8.35. The molecule has 8 heteroatoms. The number of amides is 1. The molecule has 0 spiro atoms. The average Bonchev–Trinajstić information content (AvgIpc) is 2.75. The molecule has 3 aromatic carbocycles. The van der Waals surface area contributed by atoms with E-state index in [1.807, 2.05) is 52.0 Å². The molecule has 0 saturated heterocycles. The monoisotopic (exact) mass is 486 g/mol. The maximum Gasteiger partial charge on any atom is 0.263 e.